The molecule has 0 spiro atoms. The molecule has 3 heterocycles. The Labute approximate surface area is 171 Å². The molecule has 1 aliphatic rings. The molecule has 0 unspecified atom stereocenters. The molecule has 9 heteroatoms. The van der Waals surface area contributed by atoms with E-state index in [0.717, 1.165) is 12.5 Å². The molecule has 0 aliphatic carbocycles. The molecule has 1 fully saturated rings. The minimum Gasteiger partial charge on any atom is -0.472 e. The van der Waals surface area contributed by atoms with Crippen LogP contribution in [0.25, 0.3) is 10.9 Å². The molecule has 0 saturated carbocycles. The van der Waals surface area contributed by atoms with Gasteiger partial charge in [0.1, 0.15) is 23.6 Å². The Kier molecular flexibility index (Phi) is 5.72. The largest absolute Gasteiger partial charge is 0.472 e. The summed E-state index contributed by atoms with van der Waals surface area (Å²) in [6, 6.07) is 5.09. The summed E-state index contributed by atoms with van der Waals surface area (Å²) in [6.07, 6.45) is -0.581. The molecule has 1 N–H and O–H groups in total. The third kappa shape index (κ3) is 4.16. The van der Waals surface area contributed by atoms with Crippen molar-refractivity contribution in [3.8, 4) is 5.88 Å². The first kappa shape index (κ1) is 20.3. The molecule has 2 aromatic heterocycles. The Morgan fingerprint density at radius 3 is 2.77 bits per heavy atom. The number of aromatic nitrogens is 3. The number of hydrogen-bond acceptors (Lipinski definition) is 6. The summed E-state index contributed by atoms with van der Waals surface area (Å²) in [4.78, 5) is 13.1. The van der Waals surface area contributed by atoms with Crippen molar-refractivity contribution in [3.05, 3.63) is 53.2 Å². The Bertz CT molecular complexity index is 1060. The van der Waals surface area contributed by atoms with Crippen LogP contribution >= 0.6 is 0 Å². The second kappa shape index (κ2) is 8.43. The summed E-state index contributed by atoms with van der Waals surface area (Å²) in [5.41, 5.74) is 0.100. The fraction of sp³-hybridized carbons (Fsp3) is 0.381. The normalized spacial score (nSPS) is 17.5. The lowest BCUT2D eigenvalue weighted by atomic mass is 10.0. The van der Waals surface area contributed by atoms with E-state index in [-0.39, 0.29) is 11.7 Å². The topological polar surface area (TPSA) is 69.2 Å². The van der Waals surface area contributed by atoms with Gasteiger partial charge in [0.15, 0.2) is 0 Å². The van der Waals surface area contributed by atoms with Crippen LogP contribution in [0.5, 0.6) is 5.88 Å². The van der Waals surface area contributed by atoms with E-state index in [1.807, 2.05) is 0 Å². The van der Waals surface area contributed by atoms with Crippen LogP contribution in [0.15, 0.2) is 30.5 Å². The molecular weight excluding hydrogens is 397 g/mol. The molecular formula is C21H21F3N4O2. The van der Waals surface area contributed by atoms with E-state index in [1.165, 1.54) is 12.1 Å². The summed E-state index contributed by atoms with van der Waals surface area (Å²) >= 11 is 0. The van der Waals surface area contributed by atoms with Crippen molar-refractivity contribution < 1.29 is 22.6 Å². The molecule has 30 heavy (non-hydrogen) atoms. The monoisotopic (exact) mass is 418 g/mol. The lowest BCUT2D eigenvalue weighted by molar-refractivity contribution is 0.138. The highest BCUT2D eigenvalue weighted by atomic mass is 19.3. The second-order valence-electron chi connectivity index (χ2n) is 7.18. The van der Waals surface area contributed by atoms with E-state index < -0.39 is 23.8 Å². The van der Waals surface area contributed by atoms with Crippen LogP contribution in [-0.4, -0.2) is 34.3 Å². The smallest absolute Gasteiger partial charge is 0.266 e. The van der Waals surface area contributed by atoms with Crippen LogP contribution in [0.1, 0.15) is 42.8 Å². The van der Waals surface area contributed by atoms with E-state index in [9.17, 15) is 13.2 Å². The Morgan fingerprint density at radius 1 is 1.23 bits per heavy atom. The molecule has 3 aromatic rings. The number of nitrogens with one attached hydrogen (secondary N) is 1. The number of ether oxygens (including phenoxy) is 2. The van der Waals surface area contributed by atoms with Gasteiger partial charge >= 0.3 is 0 Å². The van der Waals surface area contributed by atoms with Crippen molar-refractivity contribution in [1.82, 2.24) is 15.0 Å². The number of halogens is 3. The lowest BCUT2D eigenvalue weighted by Gasteiger charge is -2.19. The van der Waals surface area contributed by atoms with Crippen LogP contribution in [0.3, 0.4) is 0 Å². The quantitative estimate of drug-likeness (QED) is 0.623. The third-order valence-electron chi connectivity index (χ3n) is 4.96. The van der Waals surface area contributed by atoms with Crippen molar-refractivity contribution in [2.24, 2.45) is 0 Å². The fourth-order valence-electron chi connectivity index (χ4n) is 3.43. The SMILES string of the molecule is Cc1nc(N[C@H](C)c2cccc(C(F)F)c2F)c2cc(O[C@@H]3CCOC3)ncc2n1. The molecule has 1 aromatic carbocycles. The summed E-state index contributed by atoms with van der Waals surface area (Å²) in [6.45, 7) is 4.57. The van der Waals surface area contributed by atoms with Gasteiger partial charge in [-0.05, 0) is 13.8 Å². The maximum absolute atomic E-state index is 14.6. The van der Waals surface area contributed by atoms with E-state index in [1.54, 1.807) is 26.1 Å². The molecule has 4 rings (SSSR count). The van der Waals surface area contributed by atoms with E-state index >= 15 is 0 Å². The number of fused-ring (bicyclic) bond motifs is 1. The Balaban J connectivity index is 1.66. The van der Waals surface area contributed by atoms with Gasteiger partial charge < -0.3 is 14.8 Å². The lowest BCUT2D eigenvalue weighted by Crippen LogP contribution is -2.16. The van der Waals surface area contributed by atoms with Gasteiger partial charge in [0.25, 0.3) is 6.43 Å². The summed E-state index contributed by atoms with van der Waals surface area (Å²) in [5, 5.41) is 3.77. The van der Waals surface area contributed by atoms with Gasteiger partial charge in [0.2, 0.25) is 5.88 Å². The summed E-state index contributed by atoms with van der Waals surface area (Å²) in [7, 11) is 0. The van der Waals surface area contributed by atoms with Crippen molar-refractivity contribution >= 4 is 16.7 Å². The van der Waals surface area contributed by atoms with Gasteiger partial charge in [-0.1, -0.05) is 18.2 Å². The standard InChI is InChI=1S/C21H21F3N4O2/c1-11(14-4-3-5-15(19(14)22)20(23)24)26-21-16-8-18(30-13-6-7-29-10-13)25-9-17(16)27-12(2)28-21/h3-5,8-9,11,13,20H,6-7,10H2,1-2H3,(H,26,27,28)/t11-,13-/m1/s1. The van der Waals surface area contributed by atoms with Gasteiger partial charge in [-0.2, -0.15) is 0 Å². The molecule has 158 valence electrons. The average molecular weight is 418 g/mol. The second-order valence-corrected chi connectivity index (χ2v) is 7.18. The van der Waals surface area contributed by atoms with E-state index in [0.29, 0.717) is 41.6 Å². The first-order chi connectivity index (χ1) is 14.4. The van der Waals surface area contributed by atoms with Gasteiger partial charge in [-0.15, -0.1) is 0 Å². The van der Waals surface area contributed by atoms with Gasteiger partial charge in [-0.3, -0.25) is 0 Å². The Morgan fingerprint density at radius 2 is 2.03 bits per heavy atom. The van der Waals surface area contributed by atoms with Gasteiger partial charge in [-0.25, -0.2) is 28.1 Å². The third-order valence-corrected chi connectivity index (χ3v) is 4.96. The molecule has 0 bridgehead atoms. The number of nitrogens with zero attached hydrogens (tertiary/aromatic N) is 3. The Hall–Kier alpha value is -2.94. The number of anilines is 1. The zero-order valence-electron chi connectivity index (χ0n) is 16.5. The van der Waals surface area contributed by atoms with Crippen LogP contribution in [0, 0.1) is 12.7 Å². The number of rotatable bonds is 6. The highest BCUT2D eigenvalue weighted by Crippen LogP contribution is 2.31. The first-order valence-electron chi connectivity index (χ1n) is 9.64. The zero-order valence-corrected chi connectivity index (χ0v) is 16.5. The van der Waals surface area contributed by atoms with E-state index in [4.69, 9.17) is 9.47 Å². The zero-order chi connectivity index (χ0) is 21.3. The van der Waals surface area contributed by atoms with Gasteiger partial charge in [0, 0.05) is 23.4 Å². The molecule has 0 radical (unpaired) electrons. The molecule has 6 nitrogen and oxygen atoms in total. The van der Waals surface area contributed by atoms with E-state index in [2.05, 4.69) is 20.3 Å². The van der Waals surface area contributed by atoms with Crippen LogP contribution in [-0.2, 0) is 4.74 Å². The van der Waals surface area contributed by atoms with Crippen molar-refractivity contribution in [3.63, 3.8) is 0 Å². The predicted molar refractivity (Wildman–Crippen MR) is 105 cm³/mol. The van der Waals surface area contributed by atoms with Crippen LogP contribution in [0.2, 0.25) is 0 Å². The highest BCUT2D eigenvalue weighted by molar-refractivity contribution is 5.89. The summed E-state index contributed by atoms with van der Waals surface area (Å²) in [5.74, 6) is 0.432. The molecule has 1 saturated heterocycles. The van der Waals surface area contributed by atoms with Crippen LogP contribution in [0.4, 0.5) is 19.0 Å². The molecule has 0 amide bonds. The van der Waals surface area contributed by atoms with Crippen molar-refractivity contribution in [2.75, 3.05) is 18.5 Å². The number of alkyl halides is 2. The minimum absolute atomic E-state index is 0.0668. The number of aryl methyl sites for hydroxylation is 1. The maximum atomic E-state index is 14.6. The number of hydrogen-bond donors (Lipinski definition) is 1. The predicted octanol–water partition coefficient (Wildman–Crippen LogP) is 4.75. The number of pyridine rings is 1. The highest BCUT2D eigenvalue weighted by Gasteiger charge is 2.21. The number of benzene rings is 1. The average Bonchev–Trinajstić information content (AvgIpc) is 3.21. The van der Waals surface area contributed by atoms with Crippen LogP contribution < -0.4 is 10.1 Å². The van der Waals surface area contributed by atoms with Crippen molar-refractivity contribution in [2.45, 2.75) is 38.8 Å². The first-order valence-corrected chi connectivity index (χ1v) is 9.64. The minimum atomic E-state index is -2.88. The fourth-order valence-corrected chi connectivity index (χ4v) is 3.43. The molecule has 2 atom stereocenters. The summed E-state index contributed by atoms with van der Waals surface area (Å²) < 4.78 is 51.9. The van der Waals surface area contributed by atoms with Crippen molar-refractivity contribution in [1.29, 1.82) is 0 Å². The maximum Gasteiger partial charge on any atom is 0.266 e. The molecule has 1 aliphatic heterocycles. The van der Waals surface area contributed by atoms with Gasteiger partial charge in [0.05, 0.1) is 36.5 Å².